The monoisotopic (exact) mass is 1520 g/mol. The minimum Gasteiger partial charge on any atom is -0.744 e. The molecule has 0 saturated heterocycles. The van der Waals surface area contributed by atoms with Crippen LogP contribution in [0.4, 0.5) is 0 Å². The summed E-state index contributed by atoms with van der Waals surface area (Å²) in [5, 5.41) is -0.909. The van der Waals surface area contributed by atoms with Crippen molar-refractivity contribution in [2.24, 2.45) is 23.7 Å². The summed E-state index contributed by atoms with van der Waals surface area (Å²) in [6.07, 6.45) is 0. The van der Waals surface area contributed by atoms with E-state index in [9.17, 15) is 25.9 Å². The Labute approximate surface area is 552 Å². The quantitative estimate of drug-likeness (QED) is 0.168. The van der Waals surface area contributed by atoms with Crippen molar-refractivity contribution in [3.8, 4) is 0 Å². The van der Waals surface area contributed by atoms with Crippen molar-refractivity contribution in [2.45, 2.75) is 89.8 Å². The van der Waals surface area contributed by atoms with Crippen LogP contribution < -0.4 is 0 Å². The van der Waals surface area contributed by atoms with Gasteiger partial charge in [0.1, 0.15) is 59.2 Å². The zero-order valence-corrected chi connectivity index (χ0v) is 55.3. The Kier molecular flexibility index (Phi) is 14.3. The molecule has 16 atom stereocenters. The number of hydrogen-bond acceptors (Lipinski definition) is 6. The van der Waals surface area contributed by atoms with E-state index in [1.54, 1.807) is 0 Å². The Hall–Kier alpha value is 4.95. The third kappa shape index (κ3) is 6.07. The van der Waals surface area contributed by atoms with Gasteiger partial charge in [0.15, 0.2) is 17.3 Å². The summed E-state index contributed by atoms with van der Waals surface area (Å²) < 4.78 is 63.7. The first-order valence-electron chi connectivity index (χ1n) is 19.9. The summed E-state index contributed by atoms with van der Waals surface area (Å²) in [5.41, 5.74) is 1.27. The Morgan fingerprint density at radius 2 is 0.493 bits per heavy atom. The van der Waals surface area contributed by atoms with E-state index >= 15 is 0 Å². The molecule has 12 rings (SSSR count). The van der Waals surface area contributed by atoms with Gasteiger partial charge in [-0.3, -0.25) is 0 Å². The van der Waals surface area contributed by atoms with E-state index in [0.717, 1.165) is 24.3 Å². The summed E-state index contributed by atoms with van der Waals surface area (Å²) in [6.45, 7) is 0. The molecule has 0 radical (unpaired) electrons. The van der Waals surface area contributed by atoms with E-state index in [2.05, 4.69) is 0 Å². The molecule has 73 heavy (non-hydrogen) atoms. The first kappa shape index (κ1) is 61.0. The molecule has 0 N–H and O–H groups in total. The average molecular weight is 1530 g/mol. The second-order valence-corrected chi connectivity index (χ2v) is 34.9. The number of allylic oxidation sites excluding steroid dienone is 8. The predicted molar refractivity (Wildman–Crippen MR) is 301 cm³/mol. The van der Waals surface area contributed by atoms with Gasteiger partial charge in [-0.25, -0.2) is 16.8 Å². The molecule has 2 aromatic carbocycles. The number of rotatable bonds is 2. The third-order valence-corrected chi connectivity index (χ3v) is 35.5. The molecule has 10 aliphatic rings. The van der Waals surface area contributed by atoms with Gasteiger partial charge >= 0.3 is 23.1 Å². The summed E-state index contributed by atoms with van der Waals surface area (Å²) in [7, 11) is -9.80. The Bertz CT molecular complexity index is 3170. The maximum Gasteiger partial charge on any atom is 2.00 e. The van der Waals surface area contributed by atoms with Gasteiger partial charge in [-0.1, -0.05) is 198 Å². The summed E-state index contributed by atoms with van der Waals surface area (Å²) in [6, 6.07) is 7.37. The molecule has 6 nitrogen and oxygen atoms in total. The smallest absolute Gasteiger partial charge is 0.744 e. The molecule has 2 aromatic rings. The van der Waals surface area contributed by atoms with Crippen LogP contribution in [0.2, 0.25) is 0 Å². The van der Waals surface area contributed by atoms with Gasteiger partial charge in [0.2, 0.25) is 0 Å². The molecule has 4 saturated carbocycles. The van der Waals surface area contributed by atoms with Crippen molar-refractivity contribution >= 4 is 322 Å². The van der Waals surface area contributed by atoms with E-state index in [4.69, 9.17) is 278 Å². The van der Waals surface area contributed by atoms with Crippen LogP contribution in [0.15, 0.2) is 86.4 Å². The second kappa shape index (κ2) is 17.1. The number of fused-ring (bicyclic) bond motifs is 28. The Morgan fingerprint density at radius 3 is 0.685 bits per heavy atom. The van der Waals surface area contributed by atoms with E-state index in [0.29, 0.717) is 11.1 Å². The summed E-state index contributed by atoms with van der Waals surface area (Å²) in [5.74, 6) is -7.74. The van der Waals surface area contributed by atoms with Crippen molar-refractivity contribution < 1.29 is 25.9 Å². The minimum absolute atomic E-state index is 0. The van der Waals surface area contributed by atoms with Crippen LogP contribution in [0.25, 0.3) is 0 Å². The molecule has 0 amide bonds. The topological polar surface area (TPSA) is 114 Å². The van der Waals surface area contributed by atoms with Crippen molar-refractivity contribution in [1.82, 2.24) is 0 Å². The van der Waals surface area contributed by atoms with E-state index in [-0.39, 0.29) is 74.4 Å². The van der Waals surface area contributed by atoms with Crippen LogP contribution in [-0.4, -0.2) is 105 Å². The first-order valence-corrected chi connectivity index (χ1v) is 31.8. The van der Waals surface area contributed by atoms with Gasteiger partial charge in [0.05, 0.1) is 50.0 Å². The number of alkyl halides is 16. The second-order valence-electron chi connectivity index (χ2n) is 19.0. The molecule has 0 aromatic heterocycles. The largest absolute Gasteiger partial charge is 2.00 e. The summed E-state index contributed by atoms with van der Waals surface area (Å²) in [4.78, 5) is -15.8. The van der Waals surface area contributed by atoms with Gasteiger partial charge in [-0.2, -0.15) is 0 Å². The minimum atomic E-state index is -4.90. The van der Waals surface area contributed by atoms with E-state index in [1.807, 2.05) is 0 Å². The van der Waals surface area contributed by atoms with Crippen molar-refractivity contribution in [1.29, 1.82) is 0 Å². The van der Waals surface area contributed by atoms with Crippen molar-refractivity contribution in [3.63, 3.8) is 0 Å². The Balaban J connectivity index is 0.000000165. The molecule has 0 aliphatic heterocycles. The van der Waals surface area contributed by atoms with E-state index < -0.39 is 134 Å². The van der Waals surface area contributed by atoms with Crippen LogP contribution in [-0.2, 0) is 20.2 Å². The molecule has 10 aliphatic carbocycles. The van der Waals surface area contributed by atoms with Crippen molar-refractivity contribution in [2.75, 3.05) is 0 Å². The molecule has 4 fully saturated rings. The SMILES string of the molecule is O=S(=O)([O-])c1ccc2c(c1)C1C(C3C2[C@@]2(Cl)C(Cl)=C(Cl)[C@]3(Cl)C2(Cl)Cl)[C@@]2(Cl)C(Cl)=C(Cl)[C@]1(Cl)C2(Cl)Cl.O=S(=O)([O-])c1ccc2c(c1)C1C(C3C2[C@]2(Cl)C(Cl)=C(Cl)[C@@]3(Cl)C2(Cl)Cl)[C@]2(Cl)C(Cl)=C(Cl)[C@@]1(Cl)C2(Cl)Cl.[Mg+2]. The van der Waals surface area contributed by atoms with Gasteiger partial charge in [0.25, 0.3) is 0 Å². The first-order chi connectivity index (χ1) is 32.4. The maximum absolute atomic E-state index is 12.0. The van der Waals surface area contributed by atoms with Crippen molar-refractivity contribution in [3.05, 3.63) is 98.9 Å². The number of halogens is 24. The van der Waals surface area contributed by atoms with Crippen LogP contribution in [0.1, 0.15) is 45.9 Å². The molecule has 33 heteroatoms. The number of benzene rings is 2. The van der Waals surface area contributed by atoms with Crippen LogP contribution in [0.5, 0.6) is 0 Å². The predicted octanol–water partition coefficient (Wildman–Crippen LogP) is 17.0. The van der Waals surface area contributed by atoms with Crippen LogP contribution in [0.3, 0.4) is 0 Å². The Morgan fingerprint density at radius 1 is 0.315 bits per heavy atom. The van der Waals surface area contributed by atoms with E-state index in [1.165, 1.54) is 12.1 Å². The molecule has 0 spiro atoms. The fraction of sp³-hybridized carbons (Fsp3) is 0.500. The molecule has 0 heterocycles. The standard InChI is InChI=1S/2C20H8Cl12O3S.Mg/c2*21-11-13(23)17(27)9-7(15(11,25)19(17,29)30)5-2-1-4(36(33,34)35)3-6(5)8-10(9)18(28)14(24)12(22)16(8,26)20(18,31)32;/h2*1-3,7-10H,(H,33,34,35);/q;;+2/p-2/t2*7?,8?,9?,10?,15-,16+,17+,18-;/m10./s1. The van der Waals surface area contributed by atoms with Gasteiger partial charge in [0, 0.05) is 47.3 Å². The zero-order valence-electron chi connectivity index (χ0n) is 34.1. The van der Waals surface area contributed by atoms with Crippen LogP contribution >= 0.6 is 278 Å². The summed E-state index contributed by atoms with van der Waals surface area (Å²) >= 11 is 165. The maximum atomic E-state index is 12.0. The normalized spacial score (nSPS) is 46.7. The third-order valence-electron chi connectivity index (χ3n) is 16.8. The molecular weight excluding hydrogens is 1520 g/mol. The molecular formula is C40H14Cl24MgO6S2. The zero-order chi connectivity index (χ0) is 53.9. The fourth-order valence-electron chi connectivity index (χ4n) is 14.1. The molecule has 8 bridgehead atoms. The molecule has 392 valence electrons. The van der Waals surface area contributed by atoms with Crippen LogP contribution in [0, 0.1) is 23.7 Å². The van der Waals surface area contributed by atoms with Gasteiger partial charge < -0.3 is 9.11 Å². The van der Waals surface area contributed by atoms with Gasteiger partial charge in [-0.05, 0) is 46.5 Å². The fourth-order valence-corrected chi connectivity index (χ4v) is 27.2. The van der Waals surface area contributed by atoms with Gasteiger partial charge in [-0.15, -0.1) is 92.8 Å². The number of hydrogen-bond donors (Lipinski definition) is 0. The molecule has 8 unspecified atom stereocenters. The average Bonchev–Trinajstić information content (AvgIpc) is 3.81.